The van der Waals surface area contributed by atoms with E-state index in [4.69, 9.17) is 10.5 Å². The van der Waals surface area contributed by atoms with Crippen LogP contribution >= 0.6 is 0 Å². The lowest BCUT2D eigenvalue weighted by Gasteiger charge is -2.16. The number of benzene rings is 4. The molecule has 4 atom stereocenters. The monoisotopic (exact) mass is 491 g/mol. The molecule has 7 rings (SSSR count). The average molecular weight is 492 g/mol. The number of ether oxygens (including phenoxy) is 1. The molecule has 0 bridgehead atoms. The summed E-state index contributed by atoms with van der Waals surface area (Å²) in [7, 11) is 0. The highest BCUT2D eigenvalue weighted by atomic mass is 16.6. The molecule has 9 nitrogen and oxygen atoms in total. The minimum atomic E-state index is -1.28. The molecule has 1 aliphatic heterocycles. The van der Waals surface area contributed by atoms with Crippen molar-refractivity contribution in [3.8, 4) is 11.8 Å². The fraction of sp³-hybridized carbons (Fsp3) is 0.179. The molecule has 0 saturated carbocycles. The van der Waals surface area contributed by atoms with Gasteiger partial charge < -0.3 is 25.8 Å². The second kappa shape index (κ2) is 8.09. The van der Waals surface area contributed by atoms with Crippen molar-refractivity contribution in [2.45, 2.75) is 24.5 Å². The number of nitrogens with zero attached hydrogens (tertiary/aromatic N) is 4. The van der Waals surface area contributed by atoms with Gasteiger partial charge in [-0.25, -0.2) is 15.0 Å². The maximum absolute atomic E-state index is 10.5. The van der Waals surface area contributed by atoms with Gasteiger partial charge in [0.1, 0.15) is 23.8 Å². The molecule has 37 heavy (non-hydrogen) atoms. The molecule has 5 N–H and O–H groups in total. The normalized spacial score (nSPS) is 21.8. The van der Waals surface area contributed by atoms with Crippen LogP contribution in [0.2, 0.25) is 0 Å². The number of hydrogen-bond acceptors (Lipinski definition) is 8. The Balaban J connectivity index is 1.34. The van der Waals surface area contributed by atoms with Crippen LogP contribution in [0.1, 0.15) is 17.6 Å². The zero-order chi connectivity index (χ0) is 25.3. The smallest absolute Gasteiger partial charge is 0.209 e. The van der Waals surface area contributed by atoms with Crippen molar-refractivity contribution >= 4 is 49.3 Å². The number of fused-ring (bicyclic) bond motifs is 1. The first kappa shape index (κ1) is 21.9. The lowest BCUT2D eigenvalue weighted by atomic mass is 9.92. The Kier molecular flexibility index (Phi) is 4.79. The lowest BCUT2D eigenvalue weighted by molar-refractivity contribution is -0.0511. The number of nitrogen functional groups attached to an aromatic ring is 1. The Morgan fingerprint density at radius 1 is 0.892 bits per heavy atom. The van der Waals surface area contributed by atoms with Gasteiger partial charge in [0, 0.05) is 5.56 Å². The third kappa shape index (κ3) is 3.25. The molecule has 0 spiro atoms. The van der Waals surface area contributed by atoms with Crippen LogP contribution in [0.4, 0.5) is 5.82 Å². The largest absolute Gasteiger partial charge is 0.394 e. The summed E-state index contributed by atoms with van der Waals surface area (Å²) in [4.78, 5) is 13.1. The van der Waals surface area contributed by atoms with Crippen LogP contribution in [-0.4, -0.2) is 59.8 Å². The Morgan fingerprint density at radius 3 is 2.38 bits per heavy atom. The van der Waals surface area contributed by atoms with Crippen molar-refractivity contribution in [2.24, 2.45) is 0 Å². The van der Waals surface area contributed by atoms with Crippen LogP contribution in [0, 0.1) is 11.8 Å². The van der Waals surface area contributed by atoms with Crippen LogP contribution in [-0.2, 0) is 4.74 Å². The van der Waals surface area contributed by atoms with Crippen LogP contribution < -0.4 is 5.73 Å². The fourth-order valence-corrected chi connectivity index (χ4v) is 5.26. The van der Waals surface area contributed by atoms with E-state index in [0.29, 0.717) is 11.2 Å². The van der Waals surface area contributed by atoms with Gasteiger partial charge in [0.15, 0.2) is 17.7 Å². The third-order valence-corrected chi connectivity index (χ3v) is 7.08. The van der Waals surface area contributed by atoms with Crippen LogP contribution in [0.3, 0.4) is 0 Å². The molecular weight excluding hydrogens is 470 g/mol. The summed E-state index contributed by atoms with van der Waals surface area (Å²) in [6.07, 6.45) is -3.04. The summed E-state index contributed by atoms with van der Waals surface area (Å²) in [6, 6.07) is 18.8. The van der Waals surface area contributed by atoms with Crippen molar-refractivity contribution in [3.63, 3.8) is 0 Å². The van der Waals surface area contributed by atoms with Crippen LogP contribution in [0.15, 0.2) is 60.9 Å². The van der Waals surface area contributed by atoms with Crippen LogP contribution in [0.25, 0.3) is 43.5 Å². The van der Waals surface area contributed by atoms with Gasteiger partial charge in [-0.05, 0) is 44.3 Å². The first-order valence-corrected chi connectivity index (χ1v) is 11.8. The summed E-state index contributed by atoms with van der Waals surface area (Å²) in [5, 5.41) is 37.0. The molecule has 4 aromatic carbocycles. The van der Waals surface area contributed by atoms with E-state index in [1.165, 1.54) is 32.4 Å². The number of aliphatic hydroxyl groups excluding tert-OH is 3. The molecule has 6 aromatic rings. The standard InChI is InChI=1S/C28H21N5O4/c29-26-23-27(33(13-30-23)28-25(36)24(35)19(12-34)37-28)32-20(31-26)11-9-14-4-5-17-7-6-15-2-1-3-16-8-10-18(14)22(17)21(15)16/h1-8,10,13,19,24-25,28,34-36H,12H2,(H2,29,31,32)/t19-,24-,25-,28-/m1/s1. The van der Waals surface area contributed by atoms with E-state index in [1.807, 2.05) is 6.07 Å². The Bertz CT molecular complexity index is 1870. The quantitative estimate of drug-likeness (QED) is 0.214. The fourth-order valence-electron chi connectivity index (χ4n) is 5.26. The van der Waals surface area contributed by atoms with E-state index >= 15 is 0 Å². The zero-order valence-electron chi connectivity index (χ0n) is 19.4. The zero-order valence-corrected chi connectivity index (χ0v) is 19.4. The van der Waals surface area contributed by atoms with Crippen molar-refractivity contribution in [2.75, 3.05) is 12.3 Å². The molecule has 9 heteroatoms. The van der Waals surface area contributed by atoms with E-state index in [9.17, 15) is 15.3 Å². The predicted octanol–water partition coefficient (Wildman–Crippen LogP) is 2.32. The van der Waals surface area contributed by atoms with Crippen molar-refractivity contribution in [3.05, 3.63) is 72.3 Å². The second-order valence-corrected chi connectivity index (χ2v) is 9.20. The van der Waals surface area contributed by atoms with Gasteiger partial charge >= 0.3 is 0 Å². The lowest BCUT2D eigenvalue weighted by Crippen LogP contribution is -2.33. The molecule has 3 heterocycles. The number of rotatable bonds is 2. The molecule has 1 aliphatic rings. The average Bonchev–Trinajstić information content (AvgIpc) is 3.47. The molecule has 2 aromatic heterocycles. The Labute approximate surface area is 210 Å². The number of imidazole rings is 1. The number of aliphatic hydroxyl groups is 3. The van der Waals surface area contributed by atoms with E-state index in [2.05, 4.69) is 75.3 Å². The molecule has 0 amide bonds. The summed E-state index contributed by atoms with van der Waals surface area (Å²) >= 11 is 0. The van der Waals surface area contributed by atoms with Gasteiger partial charge in [-0.3, -0.25) is 4.57 Å². The van der Waals surface area contributed by atoms with Gasteiger partial charge in [-0.15, -0.1) is 0 Å². The summed E-state index contributed by atoms with van der Waals surface area (Å²) in [5.41, 5.74) is 7.63. The van der Waals surface area contributed by atoms with Crippen molar-refractivity contribution in [1.29, 1.82) is 0 Å². The first-order chi connectivity index (χ1) is 18.0. The van der Waals surface area contributed by atoms with Crippen LogP contribution in [0.5, 0.6) is 0 Å². The van der Waals surface area contributed by atoms with E-state index in [-0.39, 0.29) is 11.6 Å². The van der Waals surface area contributed by atoms with Gasteiger partial charge in [0.05, 0.1) is 12.9 Å². The Morgan fingerprint density at radius 2 is 1.62 bits per heavy atom. The van der Waals surface area contributed by atoms with Gasteiger partial charge in [0.2, 0.25) is 5.82 Å². The maximum atomic E-state index is 10.5. The van der Waals surface area contributed by atoms with Gasteiger partial charge in [-0.1, -0.05) is 54.5 Å². The van der Waals surface area contributed by atoms with Crippen molar-refractivity contribution in [1.82, 2.24) is 19.5 Å². The summed E-state index contributed by atoms with van der Waals surface area (Å²) in [5.74, 6) is 6.56. The van der Waals surface area contributed by atoms with Gasteiger partial charge in [-0.2, -0.15) is 0 Å². The maximum Gasteiger partial charge on any atom is 0.209 e. The highest BCUT2D eigenvalue weighted by Gasteiger charge is 2.44. The number of hydrogen-bond donors (Lipinski definition) is 4. The third-order valence-electron chi connectivity index (χ3n) is 7.08. The van der Waals surface area contributed by atoms with E-state index in [1.54, 1.807) is 0 Å². The summed E-state index contributed by atoms with van der Waals surface area (Å²) < 4.78 is 7.11. The summed E-state index contributed by atoms with van der Waals surface area (Å²) in [6.45, 7) is -0.436. The first-order valence-electron chi connectivity index (χ1n) is 11.8. The molecule has 1 saturated heterocycles. The molecular formula is C28H21N5O4. The van der Waals surface area contributed by atoms with Gasteiger partial charge in [0.25, 0.3) is 0 Å². The predicted molar refractivity (Wildman–Crippen MR) is 139 cm³/mol. The highest BCUT2D eigenvalue weighted by molar-refractivity contribution is 6.23. The van der Waals surface area contributed by atoms with Crippen molar-refractivity contribution < 1.29 is 20.1 Å². The number of aromatic nitrogens is 4. The molecule has 182 valence electrons. The second-order valence-electron chi connectivity index (χ2n) is 9.20. The SMILES string of the molecule is Nc1nc(C#Cc2ccc3ccc4cccc5ccc2c3c45)nc2c1ncn2[C@@H]1O[C@H](CO)[C@@H](O)[C@H]1O. The molecule has 0 aliphatic carbocycles. The van der Waals surface area contributed by atoms with E-state index in [0.717, 1.165) is 16.3 Å². The number of anilines is 1. The number of nitrogens with two attached hydrogens (primary N) is 1. The minimum Gasteiger partial charge on any atom is -0.394 e. The minimum absolute atomic E-state index is 0.134. The molecule has 0 unspecified atom stereocenters. The topological polar surface area (TPSA) is 140 Å². The Hall–Kier alpha value is -4.33. The molecule has 1 fully saturated rings. The molecule has 0 radical (unpaired) electrons. The highest BCUT2D eigenvalue weighted by Crippen LogP contribution is 2.36. The van der Waals surface area contributed by atoms with E-state index < -0.39 is 31.1 Å².